The zero-order valence-electron chi connectivity index (χ0n) is 16.7. The Kier molecular flexibility index (Phi) is 6.92. The molecule has 0 bridgehead atoms. The van der Waals surface area contributed by atoms with Crippen LogP contribution in [0.4, 0.5) is 5.69 Å². The number of carbonyl (C=O) groups excluding carboxylic acids is 1. The highest BCUT2D eigenvalue weighted by atomic mass is 79.9. The average molecular weight is 471 g/mol. The minimum atomic E-state index is -0.0788. The van der Waals surface area contributed by atoms with Crippen molar-refractivity contribution in [2.45, 2.75) is 32.5 Å². The van der Waals surface area contributed by atoms with Crippen molar-refractivity contribution in [3.8, 4) is 11.4 Å². The molecule has 3 aromatic rings. The standard InChI is InChI=1S/C22H23BrN4OS/c1-5-12-27-21(17-8-6-14(2)7-9-17)25-26-22(27)29-13-20(28)24-19-11-10-18(23)15(3)16(19)4/h5-11H,1,12-13H2,2-4H3,(H,24,28). The number of hydrogen-bond acceptors (Lipinski definition) is 4. The van der Waals surface area contributed by atoms with E-state index in [0.29, 0.717) is 11.7 Å². The van der Waals surface area contributed by atoms with Crippen molar-refractivity contribution < 1.29 is 4.79 Å². The van der Waals surface area contributed by atoms with Gasteiger partial charge in [-0.2, -0.15) is 0 Å². The fourth-order valence-corrected chi connectivity index (χ4v) is 4.02. The monoisotopic (exact) mass is 470 g/mol. The van der Waals surface area contributed by atoms with Crippen LogP contribution < -0.4 is 5.32 Å². The van der Waals surface area contributed by atoms with Crippen molar-refractivity contribution in [1.82, 2.24) is 14.8 Å². The lowest BCUT2D eigenvalue weighted by Gasteiger charge is -2.12. The summed E-state index contributed by atoms with van der Waals surface area (Å²) in [6.07, 6.45) is 1.80. The quantitative estimate of drug-likeness (QED) is 0.363. The molecule has 0 spiro atoms. The maximum atomic E-state index is 12.5. The van der Waals surface area contributed by atoms with E-state index < -0.39 is 0 Å². The summed E-state index contributed by atoms with van der Waals surface area (Å²) < 4.78 is 3.01. The maximum Gasteiger partial charge on any atom is 0.234 e. The Morgan fingerprint density at radius 3 is 2.55 bits per heavy atom. The first-order valence-corrected chi connectivity index (χ1v) is 11.0. The molecule has 1 heterocycles. The van der Waals surface area contributed by atoms with Crippen LogP contribution in [0.1, 0.15) is 16.7 Å². The van der Waals surface area contributed by atoms with Crippen LogP contribution in [-0.4, -0.2) is 26.4 Å². The molecule has 1 amide bonds. The van der Waals surface area contributed by atoms with Crippen LogP contribution in [-0.2, 0) is 11.3 Å². The molecule has 5 nitrogen and oxygen atoms in total. The molecule has 0 radical (unpaired) electrons. The predicted octanol–water partition coefficient (Wildman–Crippen LogP) is 5.55. The third kappa shape index (κ3) is 4.97. The Morgan fingerprint density at radius 2 is 1.86 bits per heavy atom. The molecule has 150 valence electrons. The summed E-state index contributed by atoms with van der Waals surface area (Å²) in [5.74, 6) is 0.939. The van der Waals surface area contributed by atoms with Crippen molar-refractivity contribution in [2.75, 3.05) is 11.1 Å². The number of nitrogens with zero attached hydrogens (tertiary/aromatic N) is 3. The molecular weight excluding hydrogens is 448 g/mol. The smallest absolute Gasteiger partial charge is 0.234 e. The second kappa shape index (κ2) is 9.41. The molecule has 1 aromatic heterocycles. The molecule has 0 aliphatic heterocycles. The number of halogens is 1. The summed E-state index contributed by atoms with van der Waals surface area (Å²) in [6, 6.07) is 12.0. The number of hydrogen-bond donors (Lipinski definition) is 1. The molecule has 0 atom stereocenters. The number of thioether (sulfide) groups is 1. The summed E-state index contributed by atoms with van der Waals surface area (Å²) >= 11 is 4.88. The van der Waals surface area contributed by atoms with Gasteiger partial charge in [-0.1, -0.05) is 63.6 Å². The molecule has 0 saturated carbocycles. The topological polar surface area (TPSA) is 59.8 Å². The number of aryl methyl sites for hydroxylation is 1. The highest BCUT2D eigenvalue weighted by molar-refractivity contribution is 9.10. The lowest BCUT2D eigenvalue weighted by molar-refractivity contribution is -0.113. The van der Waals surface area contributed by atoms with Gasteiger partial charge in [0, 0.05) is 22.3 Å². The lowest BCUT2D eigenvalue weighted by Crippen LogP contribution is -2.15. The van der Waals surface area contributed by atoms with Crippen LogP contribution in [0.5, 0.6) is 0 Å². The van der Waals surface area contributed by atoms with Gasteiger partial charge < -0.3 is 5.32 Å². The van der Waals surface area contributed by atoms with Crippen LogP contribution in [0.3, 0.4) is 0 Å². The minimum Gasteiger partial charge on any atom is -0.325 e. The first-order valence-electron chi connectivity index (χ1n) is 9.20. The second-order valence-corrected chi connectivity index (χ2v) is 8.55. The summed E-state index contributed by atoms with van der Waals surface area (Å²) in [6.45, 7) is 10.5. The van der Waals surface area contributed by atoms with E-state index in [1.54, 1.807) is 6.08 Å². The normalized spacial score (nSPS) is 10.8. The molecule has 1 N–H and O–H groups in total. The highest BCUT2D eigenvalue weighted by Gasteiger charge is 2.15. The van der Waals surface area contributed by atoms with E-state index in [9.17, 15) is 4.79 Å². The number of amides is 1. The van der Waals surface area contributed by atoms with Crippen LogP contribution in [0.25, 0.3) is 11.4 Å². The SMILES string of the molecule is C=CCn1c(SCC(=O)Nc2ccc(Br)c(C)c2C)nnc1-c1ccc(C)cc1. The number of nitrogens with one attached hydrogen (secondary N) is 1. The molecule has 0 aliphatic rings. The molecule has 0 unspecified atom stereocenters. The average Bonchev–Trinajstić information content (AvgIpc) is 3.10. The Hall–Kier alpha value is -2.38. The summed E-state index contributed by atoms with van der Waals surface area (Å²) in [7, 11) is 0. The first kappa shape index (κ1) is 21.3. The second-order valence-electron chi connectivity index (χ2n) is 6.75. The van der Waals surface area contributed by atoms with Crippen molar-refractivity contribution in [2.24, 2.45) is 0 Å². The lowest BCUT2D eigenvalue weighted by atomic mass is 10.1. The number of carbonyl (C=O) groups is 1. The van der Waals surface area contributed by atoms with Crippen LogP contribution in [0, 0.1) is 20.8 Å². The third-order valence-corrected chi connectivity index (χ3v) is 6.49. The van der Waals surface area contributed by atoms with Gasteiger partial charge in [0.15, 0.2) is 11.0 Å². The number of benzene rings is 2. The number of anilines is 1. The van der Waals surface area contributed by atoms with Crippen molar-refractivity contribution in [3.63, 3.8) is 0 Å². The van der Waals surface area contributed by atoms with Gasteiger partial charge in [0.1, 0.15) is 0 Å². The molecular formula is C22H23BrN4OS. The minimum absolute atomic E-state index is 0.0788. The van der Waals surface area contributed by atoms with Gasteiger partial charge in [0.05, 0.1) is 5.75 Å². The van der Waals surface area contributed by atoms with Gasteiger partial charge in [-0.05, 0) is 44.0 Å². The van der Waals surface area contributed by atoms with E-state index in [0.717, 1.165) is 32.7 Å². The van der Waals surface area contributed by atoms with Gasteiger partial charge in [0.25, 0.3) is 0 Å². The predicted molar refractivity (Wildman–Crippen MR) is 123 cm³/mol. The zero-order chi connectivity index (χ0) is 21.0. The number of aromatic nitrogens is 3. The molecule has 0 aliphatic carbocycles. The van der Waals surface area contributed by atoms with E-state index in [-0.39, 0.29) is 11.7 Å². The fourth-order valence-electron chi connectivity index (χ4n) is 2.84. The first-order chi connectivity index (χ1) is 13.9. The summed E-state index contributed by atoms with van der Waals surface area (Å²) in [5, 5.41) is 12.3. The van der Waals surface area contributed by atoms with E-state index in [4.69, 9.17) is 0 Å². The van der Waals surface area contributed by atoms with Gasteiger partial charge in [-0.25, -0.2) is 0 Å². The summed E-state index contributed by atoms with van der Waals surface area (Å²) in [4.78, 5) is 12.5. The Morgan fingerprint density at radius 1 is 1.14 bits per heavy atom. The largest absolute Gasteiger partial charge is 0.325 e. The number of allylic oxidation sites excluding steroid dienone is 1. The van der Waals surface area contributed by atoms with E-state index in [1.807, 2.05) is 61.7 Å². The Balaban J connectivity index is 1.73. The van der Waals surface area contributed by atoms with Crippen molar-refractivity contribution in [1.29, 1.82) is 0 Å². The molecule has 0 saturated heterocycles. The van der Waals surface area contributed by atoms with Gasteiger partial charge in [-0.3, -0.25) is 9.36 Å². The maximum absolute atomic E-state index is 12.5. The Bertz CT molecular complexity index is 1040. The molecule has 0 fully saturated rings. The molecule has 29 heavy (non-hydrogen) atoms. The van der Waals surface area contributed by atoms with Gasteiger partial charge in [-0.15, -0.1) is 16.8 Å². The van der Waals surface area contributed by atoms with Crippen molar-refractivity contribution >= 4 is 39.3 Å². The fraction of sp³-hybridized carbons (Fsp3) is 0.227. The van der Waals surface area contributed by atoms with Crippen LogP contribution >= 0.6 is 27.7 Å². The highest BCUT2D eigenvalue weighted by Crippen LogP contribution is 2.27. The Labute approximate surface area is 183 Å². The molecule has 2 aromatic carbocycles. The van der Waals surface area contributed by atoms with Crippen LogP contribution in [0.15, 0.2) is 58.7 Å². The van der Waals surface area contributed by atoms with E-state index >= 15 is 0 Å². The van der Waals surface area contributed by atoms with Gasteiger partial charge in [0.2, 0.25) is 5.91 Å². The molecule has 7 heteroatoms. The van der Waals surface area contributed by atoms with Gasteiger partial charge >= 0.3 is 0 Å². The molecule has 3 rings (SSSR count). The zero-order valence-corrected chi connectivity index (χ0v) is 19.1. The summed E-state index contributed by atoms with van der Waals surface area (Å²) in [5.41, 5.74) is 5.16. The van der Waals surface area contributed by atoms with E-state index in [1.165, 1.54) is 17.3 Å². The number of rotatable bonds is 7. The van der Waals surface area contributed by atoms with Crippen molar-refractivity contribution in [3.05, 3.63) is 70.2 Å². The van der Waals surface area contributed by atoms with Crippen LogP contribution in [0.2, 0.25) is 0 Å². The third-order valence-electron chi connectivity index (χ3n) is 4.67. The van der Waals surface area contributed by atoms with E-state index in [2.05, 4.69) is 38.0 Å².